The van der Waals surface area contributed by atoms with Crippen LogP contribution >= 0.6 is 0 Å². The summed E-state index contributed by atoms with van der Waals surface area (Å²) < 4.78 is 11.3. The molecule has 0 saturated heterocycles. The van der Waals surface area contributed by atoms with Crippen molar-refractivity contribution >= 4 is 5.96 Å². The molecule has 0 bridgehead atoms. The Balaban J connectivity index is 1.81. The highest BCUT2D eigenvalue weighted by Crippen LogP contribution is 2.16. The summed E-state index contributed by atoms with van der Waals surface area (Å²) in [5.74, 6) is 2.47. The second-order valence-corrected chi connectivity index (χ2v) is 5.86. The molecule has 1 atom stereocenters. The molecule has 0 radical (unpaired) electrons. The average Bonchev–Trinajstić information content (AvgIpc) is 2.62. The lowest BCUT2D eigenvalue weighted by Crippen LogP contribution is -2.41. The van der Waals surface area contributed by atoms with Crippen LogP contribution in [0.2, 0.25) is 0 Å². The molecule has 2 N–H and O–H groups in total. The molecular formula is C20H27N3O2. The first kappa shape index (κ1) is 18.6. The van der Waals surface area contributed by atoms with Gasteiger partial charge in [-0.1, -0.05) is 30.3 Å². The number of benzene rings is 2. The highest BCUT2D eigenvalue weighted by Gasteiger charge is 2.07. The Bertz CT molecular complexity index is 701. The van der Waals surface area contributed by atoms with Crippen LogP contribution in [0.4, 0.5) is 0 Å². The van der Waals surface area contributed by atoms with Gasteiger partial charge >= 0.3 is 0 Å². The molecule has 0 fully saturated rings. The van der Waals surface area contributed by atoms with Gasteiger partial charge < -0.3 is 20.1 Å². The van der Waals surface area contributed by atoms with E-state index in [1.54, 1.807) is 14.2 Å². The molecule has 2 aromatic rings. The summed E-state index contributed by atoms with van der Waals surface area (Å²) >= 11 is 0. The van der Waals surface area contributed by atoms with Crippen LogP contribution in [0.5, 0.6) is 11.5 Å². The summed E-state index contributed by atoms with van der Waals surface area (Å²) in [6.07, 6.45) is 0.0200. The Labute approximate surface area is 150 Å². The van der Waals surface area contributed by atoms with E-state index >= 15 is 0 Å². The first-order chi connectivity index (χ1) is 12.1. The number of methoxy groups -OCH3 is 1. The van der Waals surface area contributed by atoms with Crippen molar-refractivity contribution < 1.29 is 9.47 Å². The molecule has 2 aromatic carbocycles. The predicted molar refractivity (Wildman–Crippen MR) is 102 cm³/mol. The summed E-state index contributed by atoms with van der Waals surface area (Å²) in [6, 6.07) is 16.0. The molecule has 2 rings (SSSR count). The number of aliphatic imine (C=N–C) groups is 1. The van der Waals surface area contributed by atoms with Gasteiger partial charge in [-0.15, -0.1) is 0 Å². The van der Waals surface area contributed by atoms with Crippen LogP contribution < -0.4 is 20.1 Å². The van der Waals surface area contributed by atoms with Gasteiger partial charge in [0.05, 0.1) is 13.7 Å². The Morgan fingerprint density at radius 3 is 2.64 bits per heavy atom. The third-order valence-electron chi connectivity index (χ3n) is 3.75. The van der Waals surface area contributed by atoms with E-state index in [-0.39, 0.29) is 6.10 Å². The van der Waals surface area contributed by atoms with Crippen molar-refractivity contribution in [2.24, 2.45) is 4.99 Å². The third-order valence-corrected chi connectivity index (χ3v) is 3.75. The third kappa shape index (κ3) is 6.03. The molecule has 0 spiro atoms. The van der Waals surface area contributed by atoms with Crippen molar-refractivity contribution in [1.82, 2.24) is 10.6 Å². The van der Waals surface area contributed by atoms with Gasteiger partial charge in [0.1, 0.15) is 17.6 Å². The molecule has 0 aliphatic rings. The van der Waals surface area contributed by atoms with Crippen LogP contribution in [0.1, 0.15) is 18.1 Å². The first-order valence-corrected chi connectivity index (χ1v) is 8.42. The lowest BCUT2D eigenvalue weighted by atomic mass is 10.2. The van der Waals surface area contributed by atoms with Gasteiger partial charge in [-0.25, -0.2) is 0 Å². The zero-order chi connectivity index (χ0) is 18.1. The normalized spacial score (nSPS) is 12.4. The molecule has 5 heteroatoms. The lowest BCUT2D eigenvalue weighted by Gasteiger charge is -2.18. The maximum atomic E-state index is 5.92. The van der Waals surface area contributed by atoms with Crippen LogP contribution in [-0.4, -0.2) is 32.8 Å². The average molecular weight is 341 g/mol. The molecule has 0 aliphatic carbocycles. The first-order valence-electron chi connectivity index (χ1n) is 8.42. The second-order valence-electron chi connectivity index (χ2n) is 5.86. The van der Waals surface area contributed by atoms with Gasteiger partial charge in [0, 0.05) is 19.2 Å². The number of nitrogens with zero attached hydrogens (tertiary/aromatic N) is 1. The summed E-state index contributed by atoms with van der Waals surface area (Å²) in [6.45, 7) is 5.37. The molecule has 0 aliphatic heterocycles. The van der Waals surface area contributed by atoms with E-state index in [1.807, 2.05) is 49.4 Å². The number of guanidine groups is 1. The molecule has 5 nitrogen and oxygen atoms in total. The fourth-order valence-corrected chi connectivity index (χ4v) is 2.45. The number of rotatable bonds is 7. The highest BCUT2D eigenvalue weighted by molar-refractivity contribution is 5.79. The molecule has 134 valence electrons. The summed E-state index contributed by atoms with van der Waals surface area (Å²) in [7, 11) is 3.43. The number of ether oxygens (including phenoxy) is 2. The van der Waals surface area contributed by atoms with Gasteiger partial charge in [0.15, 0.2) is 5.96 Å². The predicted octanol–water partition coefficient (Wildman–Crippen LogP) is 3.14. The van der Waals surface area contributed by atoms with Crippen LogP contribution in [0.15, 0.2) is 53.5 Å². The van der Waals surface area contributed by atoms with Crippen molar-refractivity contribution in [1.29, 1.82) is 0 Å². The minimum atomic E-state index is 0.0200. The molecule has 25 heavy (non-hydrogen) atoms. The number of para-hydroxylation sites is 1. The quantitative estimate of drug-likeness (QED) is 0.600. The van der Waals surface area contributed by atoms with E-state index in [9.17, 15) is 0 Å². The van der Waals surface area contributed by atoms with Crippen molar-refractivity contribution in [2.75, 3.05) is 20.7 Å². The number of aryl methyl sites for hydroxylation is 1. The van der Waals surface area contributed by atoms with Gasteiger partial charge in [0.2, 0.25) is 0 Å². The smallest absolute Gasteiger partial charge is 0.191 e. The Morgan fingerprint density at radius 2 is 1.92 bits per heavy atom. The van der Waals surface area contributed by atoms with E-state index in [1.165, 1.54) is 5.56 Å². The fraction of sp³-hybridized carbons (Fsp3) is 0.350. The topological polar surface area (TPSA) is 54.9 Å². The van der Waals surface area contributed by atoms with Crippen molar-refractivity contribution in [2.45, 2.75) is 26.5 Å². The monoisotopic (exact) mass is 341 g/mol. The van der Waals surface area contributed by atoms with Gasteiger partial charge in [0.25, 0.3) is 0 Å². The molecular weight excluding hydrogens is 314 g/mol. The van der Waals surface area contributed by atoms with Crippen LogP contribution in [-0.2, 0) is 6.54 Å². The Hall–Kier alpha value is -2.69. The van der Waals surface area contributed by atoms with Crippen LogP contribution in [0.25, 0.3) is 0 Å². The Morgan fingerprint density at radius 1 is 1.12 bits per heavy atom. The van der Waals surface area contributed by atoms with E-state index < -0.39 is 0 Å². The Kier molecular flexibility index (Phi) is 7.14. The molecule has 1 unspecified atom stereocenters. The van der Waals surface area contributed by atoms with E-state index in [0.29, 0.717) is 13.1 Å². The van der Waals surface area contributed by atoms with Crippen LogP contribution in [0.3, 0.4) is 0 Å². The summed E-state index contributed by atoms with van der Waals surface area (Å²) in [5, 5.41) is 6.58. The van der Waals surface area contributed by atoms with E-state index in [4.69, 9.17) is 9.47 Å². The number of hydrogen-bond donors (Lipinski definition) is 2. The fourth-order valence-electron chi connectivity index (χ4n) is 2.45. The standard InChI is InChI=1S/C20H27N3O2/c1-15-8-7-10-18(12-15)25-16(2)13-22-20(21-3)23-14-17-9-5-6-11-19(17)24-4/h5-12,16H,13-14H2,1-4H3,(H2,21,22,23). The maximum absolute atomic E-state index is 5.92. The zero-order valence-electron chi connectivity index (χ0n) is 15.4. The van der Waals surface area contributed by atoms with Crippen molar-refractivity contribution in [3.63, 3.8) is 0 Å². The molecule has 0 saturated carbocycles. The summed E-state index contributed by atoms with van der Waals surface area (Å²) in [4.78, 5) is 4.25. The van der Waals surface area contributed by atoms with Crippen LogP contribution in [0, 0.1) is 6.92 Å². The van der Waals surface area contributed by atoms with E-state index in [2.05, 4.69) is 28.6 Å². The minimum absolute atomic E-state index is 0.0200. The van der Waals surface area contributed by atoms with Crippen molar-refractivity contribution in [3.8, 4) is 11.5 Å². The van der Waals surface area contributed by atoms with Gasteiger partial charge in [-0.05, 0) is 37.6 Å². The maximum Gasteiger partial charge on any atom is 0.191 e. The molecule has 0 aromatic heterocycles. The largest absolute Gasteiger partial charge is 0.496 e. The number of hydrogen-bond acceptors (Lipinski definition) is 3. The molecule has 0 amide bonds. The zero-order valence-corrected chi connectivity index (χ0v) is 15.4. The SMILES string of the molecule is CN=C(NCc1ccccc1OC)NCC(C)Oc1cccc(C)c1. The molecule has 0 heterocycles. The van der Waals surface area contributed by atoms with Gasteiger partial charge in [-0.3, -0.25) is 4.99 Å². The second kappa shape index (κ2) is 9.57. The van der Waals surface area contributed by atoms with Crippen molar-refractivity contribution in [3.05, 3.63) is 59.7 Å². The lowest BCUT2D eigenvalue weighted by molar-refractivity contribution is 0.223. The highest BCUT2D eigenvalue weighted by atomic mass is 16.5. The summed E-state index contributed by atoms with van der Waals surface area (Å²) in [5.41, 5.74) is 2.27. The van der Waals surface area contributed by atoms with E-state index in [0.717, 1.165) is 23.0 Å². The number of nitrogens with one attached hydrogen (secondary N) is 2. The van der Waals surface area contributed by atoms with Gasteiger partial charge in [-0.2, -0.15) is 0 Å². The minimum Gasteiger partial charge on any atom is -0.496 e.